The summed E-state index contributed by atoms with van der Waals surface area (Å²) in [5.74, 6) is 4.37. The highest BCUT2D eigenvalue weighted by Crippen LogP contribution is 2.02. The third kappa shape index (κ3) is 2.56. The number of aromatic nitrogens is 1. The van der Waals surface area contributed by atoms with Crippen LogP contribution in [-0.4, -0.2) is 21.4 Å². The summed E-state index contributed by atoms with van der Waals surface area (Å²) in [7, 11) is 0. The van der Waals surface area contributed by atoms with E-state index in [4.69, 9.17) is 5.11 Å². The van der Waals surface area contributed by atoms with Gasteiger partial charge in [0, 0.05) is 6.20 Å². The summed E-state index contributed by atoms with van der Waals surface area (Å²) in [5, 5.41) is 9.24. The molecule has 0 aliphatic heterocycles. The molecule has 0 aromatic carbocycles. The summed E-state index contributed by atoms with van der Waals surface area (Å²) in [4.78, 5) is 14.4. The van der Waals surface area contributed by atoms with Gasteiger partial charge in [0.2, 0.25) is 0 Å². The second-order valence-electron chi connectivity index (χ2n) is 2.14. The minimum absolute atomic E-state index is 0.00375. The molecule has 0 amide bonds. The second-order valence-corrected chi connectivity index (χ2v) is 2.70. The molecular formula is C9H6BrNO2. The Hall–Kier alpha value is -1.34. The highest BCUT2D eigenvalue weighted by atomic mass is 79.9. The van der Waals surface area contributed by atoms with Gasteiger partial charge < -0.3 is 5.11 Å². The Morgan fingerprint density at radius 2 is 2.46 bits per heavy atom. The fourth-order valence-corrected chi connectivity index (χ4v) is 0.945. The number of aromatic carboxylic acids is 1. The fraction of sp³-hybridized carbons (Fsp3) is 0.111. The third-order valence-corrected chi connectivity index (χ3v) is 1.58. The molecule has 13 heavy (non-hydrogen) atoms. The zero-order chi connectivity index (χ0) is 9.68. The zero-order valence-electron chi connectivity index (χ0n) is 6.62. The lowest BCUT2D eigenvalue weighted by Crippen LogP contribution is -2.02. The number of halogens is 1. The molecule has 1 aromatic heterocycles. The van der Waals surface area contributed by atoms with Gasteiger partial charge >= 0.3 is 5.97 Å². The molecule has 0 aliphatic rings. The predicted octanol–water partition coefficient (Wildman–Crippen LogP) is 1.53. The summed E-state index contributed by atoms with van der Waals surface area (Å²) < 4.78 is 0. The van der Waals surface area contributed by atoms with Gasteiger partial charge in [0.1, 0.15) is 0 Å². The molecule has 0 unspecified atom stereocenters. The Morgan fingerprint density at radius 3 is 3.08 bits per heavy atom. The van der Waals surface area contributed by atoms with Crippen molar-refractivity contribution in [3.05, 3.63) is 29.6 Å². The molecule has 1 aromatic rings. The molecule has 0 atom stereocenters. The van der Waals surface area contributed by atoms with E-state index in [1.807, 2.05) is 0 Å². The van der Waals surface area contributed by atoms with Gasteiger partial charge in [-0.25, -0.2) is 9.78 Å². The number of alkyl halides is 1. The number of hydrogen-bond donors (Lipinski definition) is 1. The molecule has 0 aliphatic carbocycles. The number of carboxylic acids is 1. The first-order valence-corrected chi connectivity index (χ1v) is 4.61. The first-order valence-electron chi connectivity index (χ1n) is 3.49. The van der Waals surface area contributed by atoms with Crippen molar-refractivity contribution < 1.29 is 9.90 Å². The number of hydrogen-bond acceptors (Lipinski definition) is 2. The quantitative estimate of drug-likeness (QED) is 0.598. The number of carboxylic acid groups (broad SMARTS) is 1. The van der Waals surface area contributed by atoms with Crippen LogP contribution in [0.3, 0.4) is 0 Å². The van der Waals surface area contributed by atoms with Gasteiger partial charge in [-0.05, 0) is 12.1 Å². The first-order chi connectivity index (χ1) is 6.25. The van der Waals surface area contributed by atoms with Crippen LogP contribution in [0.15, 0.2) is 18.3 Å². The summed E-state index contributed by atoms with van der Waals surface area (Å²) >= 11 is 3.13. The smallest absolute Gasteiger partial charge is 0.355 e. The lowest BCUT2D eigenvalue weighted by Gasteiger charge is -1.95. The molecule has 1 rings (SSSR count). The van der Waals surface area contributed by atoms with Crippen molar-refractivity contribution in [2.75, 3.05) is 5.33 Å². The average Bonchev–Trinajstić information content (AvgIpc) is 2.15. The maximum Gasteiger partial charge on any atom is 0.355 e. The largest absolute Gasteiger partial charge is 0.476 e. The van der Waals surface area contributed by atoms with E-state index in [1.165, 1.54) is 6.20 Å². The van der Waals surface area contributed by atoms with E-state index in [2.05, 4.69) is 32.8 Å². The van der Waals surface area contributed by atoms with Gasteiger partial charge in [0.15, 0.2) is 5.69 Å². The number of rotatable bonds is 1. The van der Waals surface area contributed by atoms with Gasteiger partial charge in [-0.2, -0.15) is 0 Å². The molecule has 0 saturated heterocycles. The van der Waals surface area contributed by atoms with Gasteiger partial charge in [-0.3, -0.25) is 0 Å². The summed E-state index contributed by atoms with van der Waals surface area (Å²) in [5.41, 5.74) is 0.436. The van der Waals surface area contributed by atoms with E-state index in [0.29, 0.717) is 10.9 Å². The van der Waals surface area contributed by atoms with Crippen molar-refractivity contribution in [3.8, 4) is 11.8 Å². The standard InChI is InChI=1S/C9H6BrNO2/c10-5-1-3-7-4-2-6-11-8(7)9(12)13/h2,4,6H,5H2,(H,12,13). The molecule has 0 saturated carbocycles. The monoisotopic (exact) mass is 239 g/mol. The Labute approximate surface area is 83.9 Å². The first kappa shape index (κ1) is 9.75. The molecule has 1 N–H and O–H groups in total. The van der Waals surface area contributed by atoms with Gasteiger partial charge in [0.25, 0.3) is 0 Å². The lowest BCUT2D eigenvalue weighted by atomic mass is 10.2. The van der Waals surface area contributed by atoms with E-state index < -0.39 is 5.97 Å². The molecule has 0 radical (unpaired) electrons. The normalized spacial score (nSPS) is 8.69. The van der Waals surface area contributed by atoms with Crippen molar-refractivity contribution >= 4 is 21.9 Å². The Balaban J connectivity index is 3.12. The van der Waals surface area contributed by atoms with Crippen molar-refractivity contribution in [1.29, 1.82) is 0 Å². The SMILES string of the molecule is O=C(O)c1ncccc1C#CCBr. The van der Waals surface area contributed by atoms with Crippen LogP contribution in [0, 0.1) is 11.8 Å². The van der Waals surface area contributed by atoms with E-state index in [1.54, 1.807) is 12.1 Å². The maximum atomic E-state index is 10.6. The summed E-state index contributed by atoms with van der Waals surface area (Å²) in [6.07, 6.45) is 1.43. The van der Waals surface area contributed by atoms with Crippen LogP contribution in [0.2, 0.25) is 0 Å². The van der Waals surface area contributed by atoms with E-state index >= 15 is 0 Å². The second kappa shape index (κ2) is 4.63. The van der Waals surface area contributed by atoms with Crippen LogP contribution in [-0.2, 0) is 0 Å². The molecule has 1 heterocycles. The lowest BCUT2D eigenvalue weighted by molar-refractivity contribution is 0.0690. The highest BCUT2D eigenvalue weighted by molar-refractivity contribution is 9.09. The molecule has 0 bridgehead atoms. The molecule has 0 spiro atoms. The zero-order valence-corrected chi connectivity index (χ0v) is 8.21. The van der Waals surface area contributed by atoms with Gasteiger partial charge in [-0.1, -0.05) is 27.8 Å². The minimum Gasteiger partial charge on any atom is -0.476 e. The van der Waals surface area contributed by atoms with Crippen molar-refractivity contribution in [2.24, 2.45) is 0 Å². The maximum absolute atomic E-state index is 10.6. The van der Waals surface area contributed by atoms with Crippen molar-refractivity contribution in [3.63, 3.8) is 0 Å². The minimum atomic E-state index is -1.06. The van der Waals surface area contributed by atoms with Crippen LogP contribution in [0.4, 0.5) is 0 Å². The number of carbonyl (C=O) groups is 1. The predicted molar refractivity (Wildman–Crippen MR) is 51.9 cm³/mol. The highest BCUT2D eigenvalue weighted by Gasteiger charge is 2.07. The molecule has 0 fully saturated rings. The van der Waals surface area contributed by atoms with Crippen LogP contribution in [0.1, 0.15) is 16.1 Å². The fourth-order valence-electron chi connectivity index (χ4n) is 0.805. The van der Waals surface area contributed by atoms with Crippen LogP contribution < -0.4 is 0 Å². The molecule has 66 valence electrons. The molecule has 4 heteroatoms. The molecular weight excluding hydrogens is 234 g/mol. The Kier molecular flexibility index (Phi) is 3.47. The van der Waals surface area contributed by atoms with E-state index in [9.17, 15) is 4.79 Å². The molecule has 3 nitrogen and oxygen atoms in total. The van der Waals surface area contributed by atoms with E-state index in [0.717, 1.165) is 0 Å². The number of nitrogens with zero attached hydrogens (tertiary/aromatic N) is 1. The van der Waals surface area contributed by atoms with Crippen molar-refractivity contribution in [2.45, 2.75) is 0 Å². The number of pyridine rings is 1. The summed E-state index contributed by atoms with van der Waals surface area (Å²) in [6, 6.07) is 3.29. The van der Waals surface area contributed by atoms with Crippen LogP contribution in [0.5, 0.6) is 0 Å². The van der Waals surface area contributed by atoms with Crippen LogP contribution in [0.25, 0.3) is 0 Å². The van der Waals surface area contributed by atoms with Crippen LogP contribution >= 0.6 is 15.9 Å². The summed E-state index contributed by atoms with van der Waals surface area (Å²) in [6.45, 7) is 0. The van der Waals surface area contributed by atoms with Gasteiger partial charge in [-0.15, -0.1) is 0 Å². The Morgan fingerprint density at radius 1 is 1.69 bits per heavy atom. The topological polar surface area (TPSA) is 50.2 Å². The Bertz CT molecular complexity index is 379. The van der Waals surface area contributed by atoms with Gasteiger partial charge in [0.05, 0.1) is 10.9 Å². The third-order valence-electron chi connectivity index (χ3n) is 1.30. The van der Waals surface area contributed by atoms with E-state index in [-0.39, 0.29) is 5.69 Å². The van der Waals surface area contributed by atoms with Crippen molar-refractivity contribution in [1.82, 2.24) is 4.98 Å². The average molecular weight is 240 g/mol.